The SMILES string of the molecule is NCc1c(-c2cccs2)nc2ccccn12. The van der Waals surface area contributed by atoms with E-state index in [0.29, 0.717) is 6.54 Å². The van der Waals surface area contributed by atoms with Gasteiger partial charge in [0, 0.05) is 12.7 Å². The Labute approximate surface area is 97.2 Å². The number of fused-ring (bicyclic) bond motifs is 1. The van der Waals surface area contributed by atoms with Crippen LogP contribution in [0.2, 0.25) is 0 Å². The Balaban J connectivity index is 2.32. The van der Waals surface area contributed by atoms with Crippen molar-refractivity contribution in [1.29, 1.82) is 0 Å². The summed E-state index contributed by atoms with van der Waals surface area (Å²) in [7, 11) is 0. The lowest BCUT2D eigenvalue weighted by Crippen LogP contribution is -2.01. The third kappa shape index (κ3) is 1.35. The predicted molar refractivity (Wildman–Crippen MR) is 66.4 cm³/mol. The second-order valence-corrected chi connectivity index (χ2v) is 4.47. The van der Waals surface area contributed by atoms with Crippen LogP contribution in [-0.2, 0) is 6.54 Å². The van der Waals surface area contributed by atoms with Crippen molar-refractivity contribution in [1.82, 2.24) is 9.38 Å². The summed E-state index contributed by atoms with van der Waals surface area (Å²) < 4.78 is 2.05. The number of nitrogens with two attached hydrogens (primary N) is 1. The molecule has 0 aliphatic carbocycles. The molecule has 3 aromatic heterocycles. The third-order valence-corrected chi connectivity index (χ3v) is 3.45. The zero-order valence-corrected chi connectivity index (χ0v) is 9.45. The van der Waals surface area contributed by atoms with E-state index in [2.05, 4.69) is 20.8 Å². The summed E-state index contributed by atoms with van der Waals surface area (Å²) in [4.78, 5) is 5.79. The van der Waals surface area contributed by atoms with Gasteiger partial charge in [0.2, 0.25) is 0 Å². The van der Waals surface area contributed by atoms with Crippen LogP contribution in [0.1, 0.15) is 5.69 Å². The van der Waals surface area contributed by atoms with Gasteiger partial charge in [0.05, 0.1) is 10.6 Å². The zero-order valence-electron chi connectivity index (χ0n) is 8.63. The van der Waals surface area contributed by atoms with Crippen molar-refractivity contribution in [2.45, 2.75) is 6.54 Å². The van der Waals surface area contributed by atoms with Gasteiger partial charge in [0.25, 0.3) is 0 Å². The van der Waals surface area contributed by atoms with E-state index in [1.54, 1.807) is 11.3 Å². The Bertz CT molecular complexity index is 610. The van der Waals surface area contributed by atoms with Crippen molar-refractivity contribution < 1.29 is 0 Å². The number of hydrogen-bond acceptors (Lipinski definition) is 3. The topological polar surface area (TPSA) is 43.3 Å². The summed E-state index contributed by atoms with van der Waals surface area (Å²) in [5, 5.41) is 2.06. The molecule has 3 aromatic rings. The molecule has 3 nitrogen and oxygen atoms in total. The highest BCUT2D eigenvalue weighted by Gasteiger charge is 2.12. The van der Waals surface area contributed by atoms with E-state index >= 15 is 0 Å². The molecule has 0 unspecified atom stereocenters. The van der Waals surface area contributed by atoms with E-state index in [1.165, 1.54) is 4.88 Å². The molecule has 0 saturated heterocycles. The fourth-order valence-corrected chi connectivity index (χ4v) is 2.59. The maximum absolute atomic E-state index is 5.81. The first-order valence-corrected chi connectivity index (χ1v) is 5.98. The summed E-state index contributed by atoms with van der Waals surface area (Å²) in [5.74, 6) is 0. The van der Waals surface area contributed by atoms with Gasteiger partial charge in [-0.2, -0.15) is 0 Å². The number of imidazole rings is 1. The van der Waals surface area contributed by atoms with Gasteiger partial charge in [-0.15, -0.1) is 11.3 Å². The van der Waals surface area contributed by atoms with Crippen LogP contribution < -0.4 is 5.73 Å². The highest BCUT2D eigenvalue weighted by molar-refractivity contribution is 7.13. The third-order valence-electron chi connectivity index (χ3n) is 2.58. The maximum atomic E-state index is 5.81. The number of aromatic nitrogens is 2. The fourth-order valence-electron chi connectivity index (χ4n) is 1.85. The molecule has 0 aromatic carbocycles. The monoisotopic (exact) mass is 229 g/mol. The molecule has 0 radical (unpaired) electrons. The maximum Gasteiger partial charge on any atom is 0.137 e. The predicted octanol–water partition coefficient (Wildman–Crippen LogP) is 2.52. The van der Waals surface area contributed by atoms with Gasteiger partial charge >= 0.3 is 0 Å². The molecule has 0 saturated carbocycles. The highest BCUT2D eigenvalue weighted by Crippen LogP contribution is 2.27. The number of pyridine rings is 1. The average Bonchev–Trinajstić information content (AvgIpc) is 2.95. The molecule has 16 heavy (non-hydrogen) atoms. The number of hydrogen-bond donors (Lipinski definition) is 1. The van der Waals surface area contributed by atoms with E-state index in [1.807, 2.05) is 30.5 Å². The van der Waals surface area contributed by atoms with E-state index in [0.717, 1.165) is 17.0 Å². The van der Waals surface area contributed by atoms with Crippen LogP contribution in [0.5, 0.6) is 0 Å². The number of thiophene rings is 1. The average molecular weight is 229 g/mol. The van der Waals surface area contributed by atoms with E-state index in [4.69, 9.17) is 5.73 Å². The van der Waals surface area contributed by atoms with Crippen LogP contribution in [0.15, 0.2) is 41.9 Å². The van der Waals surface area contributed by atoms with Gasteiger partial charge in [-0.1, -0.05) is 12.1 Å². The molecule has 0 fully saturated rings. The molecule has 3 heterocycles. The van der Waals surface area contributed by atoms with Crippen LogP contribution in [0, 0.1) is 0 Å². The fraction of sp³-hybridized carbons (Fsp3) is 0.0833. The van der Waals surface area contributed by atoms with E-state index in [9.17, 15) is 0 Å². The van der Waals surface area contributed by atoms with Crippen LogP contribution in [0.25, 0.3) is 16.2 Å². The minimum atomic E-state index is 0.498. The van der Waals surface area contributed by atoms with Crippen LogP contribution in [0.3, 0.4) is 0 Å². The molecule has 0 atom stereocenters. The van der Waals surface area contributed by atoms with Crippen molar-refractivity contribution in [2.24, 2.45) is 5.73 Å². The molecule has 0 amide bonds. The summed E-state index contributed by atoms with van der Waals surface area (Å²) in [6, 6.07) is 10.1. The number of nitrogens with zero attached hydrogens (tertiary/aromatic N) is 2. The van der Waals surface area contributed by atoms with Gasteiger partial charge in [-0.05, 0) is 23.6 Å². The first-order valence-electron chi connectivity index (χ1n) is 5.10. The molecular formula is C12H11N3S. The summed E-state index contributed by atoms with van der Waals surface area (Å²) in [5.41, 5.74) is 8.83. The van der Waals surface area contributed by atoms with Crippen molar-refractivity contribution in [2.75, 3.05) is 0 Å². The van der Waals surface area contributed by atoms with Crippen molar-refractivity contribution >= 4 is 17.0 Å². The summed E-state index contributed by atoms with van der Waals surface area (Å²) in [6.07, 6.45) is 2.00. The minimum Gasteiger partial charge on any atom is -0.325 e. The van der Waals surface area contributed by atoms with Gasteiger partial charge in [-0.3, -0.25) is 0 Å². The Morgan fingerprint density at radius 1 is 1.25 bits per heavy atom. The van der Waals surface area contributed by atoms with Crippen LogP contribution >= 0.6 is 11.3 Å². The zero-order chi connectivity index (χ0) is 11.0. The summed E-state index contributed by atoms with van der Waals surface area (Å²) >= 11 is 1.69. The molecule has 2 N–H and O–H groups in total. The quantitative estimate of drug-likeness (QED) is 0.733. The number of rotatable bonds is 2. The minimum absolute atomic E-state index is 0.498. The second kappa shape index (κ2) is 3.73. The summed E-state index contributed by atoms with van der Waals surface area (Å²) in [6.45, 7) is 0.498. The Morgan fingerprint density at radius 2 is 2.19 bits per heavy atom. The molecular weight excluding hydrogens is 218 g/mol. The van der Waals surface area contributed by atoms with Crippen molar-refractivity contribution in [3.8, 4) is 10.6 Å². The molecule has 4 heteroatoms. The Hall–Kier alpha value is -1.65. The highest BCUT2D eigenvalue weighted by atomic mass is 32.1. The van der Waals surface area contributed by atoms with Gasteiger partial charge in [-0.25, -0.2) is 4.98 Å². The standard InChI is InChI=1S/C12H11N3S/c13-8-9-12(10-4-3-7-16-10)14-11-5-1-2-6-15(9)11/h1-7H,8,13H2. The van der Waals surface area contributed by atoms with E-state index in [-0.39, 0.29) is 0 Å². The van der Waals surface area contributed by atoms with Crippen LogP contribution in [0.4, 0.5) is 0 Å². The lowest BCUT2D eigenvalue weighted by Gasteiger charge is -1.99. The van der Waals surface area contributed by atoms with Crippen LogP contribution in [-0.4, -0.2) is 9.38 Å². The lowest BCUT2D eigenvalue weighted by atomic mass is 10.3. The normalized spacial score (nSPS) is 11.1. The molecule has 0 bridgehead atoms. The van der Waals surface area contributed by atoms with Crippen molar-refractivity contribution in [3.63, 3.8) is 0 Å². The van der Waals surface area contributed by atoms with Gasteiger partial charge in [0.1, 0.15) is 11.3 Å². The molecule has 0 aliphatic heterocycles. The molecule has 80 valence electrons. The second-order valence-electron chi connectivity index (χ2n) is 3.52. The molecule has 0 spiro atoms. The van der Waals surface area contributed by atoms with Gasteiger partial charge < -0.3 is 10.1 Å². The molecule has 3 rings (SSSR count). The van der Waals surface area contributed by atoms with Crippen molar-refractivity contribution in [3.05, 3.63) is 47.6 Å². The smallest absolute Gasteiger partial charge is 0.137 e. The largest absolute Gasteiger partial charge is 0.325 e. The lowest BCUT2D eigenvalue weighted by molar-refractivity contribution is 0.963. The Morgan fingerprint density at radius 3 is 2.94 bits per heavy atom. The Kier molecular flexibility index (Phi) is 2.23. The van der Waals surface area contributed by atoms with Gasteiger partial charge in [0.15, 0.2) is 0 Å². The molecule has 0 aliphatic rings. The van der Waals surface area contributed by atoms with E-state index < -0.39 is 0 Å². The first kappa shape index (κ1) is 9.57. The first-order chi connectivity index (χ1) is 7.90.